The van der Waals surface area contributed by atoms with E-state index in [1.54, 1.807) is 11.5 Å². The standard InChI is InChI=1S/C12H17N5OS/c18-12-14-11(15-16-12)10-3-1-2-7-17(10)8-5-9-4-6-13-19-9/h4,6,10H,1-3,5,7-8H2,(H2,14,15,16,18). The first kappa shape index (κ1) is 12.6. The van der Waals surface area contributed by atoms with Crippen LogP contribution in [0.4, 0.5) is 0 Å². The molecule has 1 aliphatic heterocycles. The van der Waals surface area contributed by atoms with Crippen molar-refractivity contribution in [3.05, 3.63) is 33.4 Å². The van der Waals surface area contributed by atoms with Gasteiger partial charge in [0.15, 0.2) is 0 Å². The third-order valence-corrected chi connectivity index (χ3v) is 4.39. The minimum atomic E-state index is -0.219. The van der Waals surface area contributed by atoms with Crippen LogP contribution in [0.2, 0.25) is 0 Å². The van der Waals surface area contributed by atoms with Gasteiger partial charge in [0.2, 0.25) is 0 Å². The molecule has 2 N–H and O–H groups in total. The predicted octanol–water partition coefficient (Wildman–Crippen LogP) is 1.32. The van der Waals surface area contributed by atoms with Crippen LogP contribution in [-0.2, 0) is 6.42 Å². The molecule has 1 aliphatic rings. The summed E-state index contributed by atoms with van der Waals surface area (Å²) in [6.45, 7) is 2.06. The van der Waals surface area contributed by atoms with Crippen molar-refractivity contribution < 1.29 is 0 Å². The summed E-state index contributed by atoms with van der Waals surface area (Å²) in [5.41, 5.74) is -0.219. The van der Waals surface area contributed by atoms with Crippen molar-refractivity contribution in [2.24, 2.45) is 0 Å². The lowest BCUT2D eigenvalue weighted by atomic mass is 10.0. The highest BCUT2D eigenvalue weighted by atomic mass is 32.1. The number of rotatable bonds is 4. The molecule has 1 fully saturated rings. The first-order chi connectivity index (χ1) is 9.33. The van der Waals surface area contributed by atoms with Crippen LogP contribution in [0.1, 0.15) is 36.0 Å². The fraction of sp³-hybridized carbons (Fsp3) is 0.583. The van der Waals surface area contributed by atoms with Crippen molar-refractivity contribution in [3.8, 4) is 0 Å². The predicted molar refractivity (Wildman–Crippen MR) is 73.2 cm³/mol. The highest BCUT2D eigenvalue weighted by molar-refractivity contribution is 7.05. The highest BCUT2D eigenvalue weighted by Gasteiger charge is 2.26. The molecule has 0 aromatic carbocycles. The molecule has 1 atom stereocenters. The Kier molecular flexibility index (Phi) is 3.74. The Morgan fingerprint density at radius 1 is 1.47 bits per heavy atom. The summed E-state index contributed by atoms with van der Waals surface area (Å²) in [6.07, 6.45) is 6.32. The lowest BCUT2D eigenvalue weighted by molar-refractivity contribution is 0.144. The van der Waals surface area contributed by atoms with Crippen LogP contribution in [0.25, 0.3) is 0 Å². The Morgan fingerprint density at radius 3 is 3.16 bits per heavy atom. The summed E-state index contributed by atoms with van der Waals surface area (Å²) >= 11 is 1.56. The summed E-state index contributed by atoms with van der Waals surface area (Å²) in [6, 6.07) is 2.31. The van der Waals surface area contributed by atoms with E-state index in [0.29, 0.717) is 0 Å². The molecule has 0 amide bonds. The average Bonchev–Trinajstić information content (AvgIpc) is 3.08. The van der Waals surface area contributed by atoms with Gasteiger partial charge in [0.1, 0.15) is 5.82 Å². The molecule has 0 radical (unpaired) electrons. The van der Waals surface area contributed by atoms with E-state index in [2.05, 4.69) is 30.5 Å². The topological polar surface area (TPSA) is 77.7 Å². The van der Waals surface area contributed by atoms with Crippen LogP contribution in [-0.4, -0.2) is 37.5 Å². The zero-order valence-corrected chi connectivity index (χ0v) is 11.4. The van der Waals surface area contributed by atoms with Crippen LogP contribution in [0.3, 0.4) is 0 Å². The van der Waals surface area contributed by atoms with Gasteiger partial charge in [-0.05, 0) is 43.4 Å². The number of H-pyrrole nitrogens is 2. The second-order valence-corrected chi connectivity index (χ2v) is 5.76. The molecule has 102 valence electrons. The first-order valence-corrected chi connectivity index (χ1v) is 7.38. The van der Waals surface area contributed by atoms with Crippen molar-refractivity contribution in [2.45, 2.75) is 31.7 Å². The molecule has 1 saturated heterocycles. The third-order valence-electron chi connectivity index (χ3n) is 3.59. The Bertz CT molecular complexity index is 561. The Labute approximate surface area is 115 Å². The summed E-state index contributed by atoms with van der Waals surface area (Å²) in [5.74, 6) is 0.772. The van der Waals surface area contributed by atoms with E-state index in [1.807, 2.05) is 6.20 Å². The number of aromatic amines is 2. The van der Waals surface area contributed by atoms with Crippen LogP contribution in [0, 0.1) is 0 Å². The molecule has 2 aromatic heterocycles. The summed E-state index contributed by atoms with van der Waals surface area (Å²) in [7, 11) is 0. The summed E-state index contributed by atoms with van der Waals surface area (Å²) in [5, 5.41) is 6.55. The van der Waals surface area contributed by atoms with Crippen LogP contribution >= 0.6 is 11.5 Å². The van der Waals surface area contributed by atoms with E-state index in [9.17, 15) is 4.79 Å². The van der Waals surface area contributed by atoms with Crippen molar-refractivity contribution in [1.29, 1.82) is 0 Å². The molecule has 2 aromatic rings. The van der Waals surface area contributed by atoms with Gasteiger partial charge in [-0.25, -0.2) is 14.3 Å². The van der Waals surface area contributed by atoms with Gasteiger partial charge in [-0.1, -0.05) is 6.42 Å². The maximum Gasteiger partial charge on any atom is 0.340 e. The van der Waals surface area contributed by atoms with Gasteiger partial charge in [-0.15, -0.1) is 0 Å². The van der Waals surface area contributed by atoms with E-state index in [0.717, 1.165) is 31.8 Å². The molecular formula is C12H17N5OS. The maximum absolute atomic E-state index is 11.2. The van der Waals surface area contributed by atoms with Gasteiger partial charge >= 0.3 is 5.69 Å². The number of hydrogen-bond acceptors (Lipinski definition) is 5. The van der Waals surface area contributed by atoms with E-state index >= 15 is 0 Å². The molecule has 6 nitrogen and oxygen atoms in total. The lowest BCUT2D eigenvalue weighted by Gasteiger charge is -2.34. The number of hydrogen-bond donors (Lipinski definition) is 2. The van der Waals surface area contributed by atoms with Gasteiger partial charge in [0.05, 0.1) is 6.04 Å². The van der Waals surface area contributed by atoms with E-state index in [4.69, 9.17) is 0 Å². The van der Waals surface area contributed by atoms with Crippen molar-refractivity contribution in [3.63, 3.8) is 0 Å². The molecule has 1 unspecified atom stereocenters. The monoisotopic (exact) mass is 279 g/mol. The highest BCUT2D eigenvalue weighted by Crippen LogP contribution is 2.28. The number of aromatic nitrogens is 4. The van der Waals surface area contributed by atoms with Crippen molar-refractivity contribution in [1.82, 2.24) is 24.5 Å². The molecular weight excluding hydrogens is 262 g/mol. The largest absolute Gasteiger partial charge is 0.340 e. The normalized spacial score (nSPS) is 20.7. The molecule has 0 saturated carbocycles. The van der Waals surface area contributed by atoms with Crippen molar-refractivity contribution >= 4 is 11.5 Å². The number of nitrogens with one attached hydrogen (secondary N) is 2. The maximum atomic E-state index is 11.2. The van der Waals surface area contributed by atoms with Crippen LogP contribution in [0.5, 0.6) is 0 Å². The third kappa shape index (κ3) is 2.93. The van der Waals surface area contributed by atoms with Gasteiger partial charge in [0.25, 0.3) is 0 Å². The van der Waals surface area contributed by atoms with Crippen LogP contribution in [0.15, 0.2) is 17.1 Å². The van der Waals surface area contributed by atoms with Gasteiger partial charge in [0, 0.05) is 17.6 Å². The van der Waals surface area contributed by atoms with Crippen molar-refractivity contribution in [2.75, 3.05) is 13.1 Å². The van der Waals surface area contributed by atoms with Crippen LogP contribution < -0.4 is 5.69 Å². The fourth-order valence-corrected chi connectivity index (χ4v) is 3.20. The SMILES string of the molecule is O=c1[nH]nc(C2CCCCN2CCc2ccns2)[nH]1. The minimum absolute atomic E-state index is 0.219. The fourth-order valence-electron chi connectivity index (χ4n) is 2.63. The zero-order chi connectivity index (χ0) is 13.1. The van der Waals surface area contributed by atoms with Gasteiger partial charge < -0.3 is 0 Å². The molecule has 19 heavy (non-hydrogen) atoms. The Hall–Kier alpha value is -1.47. The molecule has 0 aliphatic carbocycles. The lowest BCUT2D eigenvalue weighted by Crippen LogP contribution is -2.35. The Morgan fingerprint density at radius 2 is 2.42 bits per heavy atom. The molecule has 0 spiro atoms. The first-order valence-electron chi connectivity index (χ1n) is 6.61. The molecule has 3 rings (SSSR count). The summed E-state index contributed by atoms with van der Waals surface area (Å²) in [4.78, 5) is 17.7. The second-order valence-electron chi connectivity index (χ2n) is 4.84. The number of nitrogens with zero attached hydrogens (tertiary/aromatic N) is 3. The van der Waals surface area contributed by atoms with E-state index in [-0.39, 0.29) is 11.7 Å². The smallest absolute Gasteiger partial charge is 0.293 e. The number of piperidine rings is 1. The minimum Gasteiger partial charge on any atom is -0.293 e. The summed E-state index contributed by atoms with van der Waals surface area (Å²) < 4.78 is 4.12. The van der Waals surface area contributed by atoms with Gasteiger partial charge in [-0.3, -0.25) is 9.88 Å². The van der Waals surface area contributed by atoms with Gasteiger partial charge in [-0.2, -0.15) is 5.10 Å². The molecule has 7 heteroatoms. The molecule has 0 bridgehead atoms. The van der Waals surface area contributed by atoms with E-state index < -0.39 is 0 Å². The second kappa shape index (κ2) is 5.66. The average molecular weight is 279 g/mol. The zero-order valence-electron chi connectivity index (χ0n) is 10.6. The Balaban J connectivity index is 1.68. The quantitative estimate of drug-likeness (QED) is 0.885. The van der Waals surface area contributed by atoms with E-state index in [1.165, 1.54) is 17.7 Å². The molecule has 3 heterocycles. The number of likely N-dealkylation sites (tertiary alicyclic amines) is 1.